The summed E-state index contributed by atoms with van der Waals surface area (Å²) < 4.78 is 0. The largest absolute Gasteiger partial charge is 0.508 e. The van der Waals surface area contributed by atoms with Crippen molar-refractivity contribution in [2.75, 3.05) is 33.2 Å². The molecular formula is C31H43N3O. The van der Waals surface area contributed by atoms with Gasteiger partial charge in [-0.25, -0.2) is 0 Å². The summed E-state index contributed by atoms with van der Waals surface area (Å²) in [7, 11) is 2.21. The van der Waals surface area contributed by atoms with E-state index in [0.717, 1.165) is 39.1 Å². The van der Waals surface area contributed by atoms with Crippen LogP contribution in [0.2, 0.25) is 0 Å². The third-order valence-corrected chi connectivity index (χ3v) is 6.98. The number of benzene rings is 3. The number of aromatic hydroxyl groups is 1. The molecule has 0 spiro atoms. The van der Waals surface area contributed by atoms with Crippen molar-refractivity contribution in [2.24, 2.45) is 0 Å². The third kappa shape index (κ3) is 9.14. The quantitative estimate of drug-likeness (QED) is 0.348. The van der Waals surface area contributed by atoms with E-state index < -0.39 is 0 Å². The Hall–Kier alpha value is -2.66. The number of likely N-dealkylation sites (tertiary alicyclic amines) is 1. The summed E-state index contributed by atoms with van der Waals surface area (Å²) in [4.78, 5) is 2.43. The summed E-state index contributed by atoms with van der Waals surface area (Å²) in [5.74, 6) is 0.391. The lowest BCUT2D eigenvalue weighted by atomic mass is 9.74. The molecule has 3 aromatic rings. The molecule has 4 nitrogen and oxygen atoms in total. The van der Waals surface area contributed by atoms with Crippen LogP contribution < -0.4 is 10.6 Å². The predicted octanol–water partition coefficient (Wildman–Crippen LogP) is 5.72. The van der Waals surface area contributed by atoms with Crippen molar-refractivity contribution in [2.45, 2.75) is 51.1 Å². The predicted molar refractivity (Wildman–Crippen MR) is 148 cm³/mol. The van der Waals surface area contributed by atoms with Gasteiger partial charge in [-0.05, 0) is 61.7 Å². The third-order valence-electron chi connectivity index (χ3n) is 6.98. The average molecular weight is 474 g/mol. The number of nitrogens with zero attached hydrogens (tertiary/aromatic N) is 1. The van der Waals surface area contributed by atoms with E-state index in [2.05, 4.69) is 84.1 Å². The maximum Gasteiger partial charge on any atom is 0.115 e. The first-order valence-electron chi connectivity index (χ1n) is 13.1. The van der Waals surface area contributed by atoms with Crippen LogP contribution in [-0.2, 0) is 18.5 Å². The van der Waals surface area contributed by atoms with Gasteiger partial charge < -0.3 is 20.6 Å². The average Bonchev–Trinajstić information content (AvgIpc) is 3.09. The zero-order chi connectivity index (χ0) is 24.8. The number of hydrogen-bond acceptors (Lipinski definition) is 4. The molecule has 0 aromatic heterocycles. The zero-order valence-electron chi connectivity index (χ0n) is 21.5. The monoisotopic (exact) mass is 473 g/mol. The Labute approximate surface area is 212 Å². The van der Waals surface area contributed by atoms with E-state index in [1.165, 1.54) is 42.5 Å². The van der Waals surface area contributed by atoms with Crippen LogP contribution in [0.1, 0.15) is 49.3 Å². The molecule has 3 aromatic carbocycles. The van der Waals surface area contributed by atoms with Crippen LogP contribution in [0, 0.1) is 0 Å². The smallest absolute Gasteiger partial charge is 0.115 e. The Balaban J connectivity index is 0.000000196. The standard InChI is InChI=1S/C16H20N2.C15H23NO/c1-3-7-15(8-4-1)13-17-11-12-18-14-16-9-5-2-6-10-16;1-3-15(9-4-5-10-16(2)12-15)13-7-6-8-14(17)11-13/h1-10,17-18H,11-14H2;6-8,11,17H,3-5,9-10,12H2,1-2H3. The Kier molecular flexibility index (Phi) is 11.3. The first-order valence-corrected chi connectivity index (χ1v) is 13.1. The summed E-state index contributed by atoms with van der Waals surface area (Å²) in [5.41, 5.74) is 4.19. The van der Waals surface area contributed by atoms with Gasteiger partial charge in [0.15, 0.2) is 0 Å². The molecule has 1 fully saturated rings. The second-order valence-electron chi connectivity index (χ2n) is 9.70. The minimum absolute atomic E-state index is 0.226. The Morgan fingerprint density at radius 3 is 1.94 bits per heavy atom. The van der Waals surface area contributed by atoms with E-state index in [1.807, 2.05) is 24.3 Å². The SMILES string of the molecule is CCC1(c2cccc(O)c2)CCCCN(C)C1.c1ccc(CNCCNCc2ccccc2)cc1. The fourth-order valence-corrected chi connectivity index (χ4v) is 4.92. The lowest BCUT2D eigenvalue weighted by Crippen LogP contribution is -2.37. The van der Waals surface area contributed by atoms with E-state index in [0.29, 0.717) is 5.75 Å². The molecule has 188 valence electrons. The van der Waals surface area contributed by atoms with Crippen molar-refractivity contribution in [3.8, 4) is 5.75 Å². The molecule has 4 rings (SSSR count). The molecule has 1 atom stereocenters. The van der Waals surface area contributed by atoms with Crippen LogP contribution in [0.3, 0.4) is 0 Å². The Bertz CT molecular complexity index is 920. The zero-order valence-corrected chi connectivity index (χ0v) is 21.5. The highest BCUT2D eigenvalue weighted by molar-refractivity contribution is 5.33. The minimum Gasteiger partial charge on any atom is -0.508 e. The van der Waals surface area contributed by atoms with E-state index in [1.54, 1.807) is 6.07 Å². The number of nitrogens with one attached hydrogen (secondary N) is 2. The highest BCUT2D eigenvalue weighted by Crippen LogP contribution is 2.37. The molecule has 0 aliphatic carbocycles. The number of rotatable bonds is 9. The van der Waals surface area contributed by atoms with Crippen LogP contribution in [0.15, 0.2) is 84.9 Å². The Morgan fingerprint density at radius 1 is 0.800 bits per heavy atom. The molecular weight excluding hydrogens is 430 g/mol. The lowest BCUT2D eigenvalue weighted by molar-refractivity contribution is 0.256. The van der Waals surface area contributed by atoms with Gasteiger partial charge >= 0.3 is 0 Å². The number of hydrogen-bond donors (Lipinski definition) is 3. The van der Waals surface area contributed by atoms with Crippen LogP contribution >= 0.6 is 0 Å². The van der Waals surface area contributed by atoms with Crippen molar-refractivity contribution < 1.29 is 5.11 Å². The van der Waals surface area contributed by atoms with Crippen LogP contribution in [-0.4, -0.2) is 43.2 Å². The van der Waals surface area contributed by atoms with Crippen molar-refractivity contribution in [3.63, 3.8) is 0 Å². The molecule has 1 unspecified atom stereocenters. The maximum absolute atomic E-state index is 9.68. The van der Waals surface area contributed by atoms with Gasteiger partial charge in [0.2, 0.25) is 0 Å². The van der Waals surface area contributed by atoms with Gasteiger partial charge in [0.05, 0.1) is 0 Å². The summed E-state index contributed by atoms with van der Waals surface area (Å²) >= 11 is 0. The molecule has 0 radical (unpaired) electrons. The van der Waals surface area contributed by atoms with Crippen molar-refractivity contribution in [1.29, 1.82) is 0 Å². The molecule has 1 aliphatic rings. The maximum atomic E-state index is 9.68. The minimum atomic E-state index is 0.226. The van der Waals surface area contributed by atoms with Gasteiger partial charge in [0.1, 0.15) is 5.75 Å². The van der Waals surface area contributed by atoms with Gasteiger partial charge in [-0.1, -0.05) is 86.1 Å². The normalized spacial score (nSPS) is 18.3. The van der Waals surface area contributed by atoms with Crippen LogP contribution in [0.25, 0.3) is 0 Å². The second kappa shape index (κ2) is 14.7. The molecule has 4 heteroatoms. The first-order chi connectivity index (χ1) is 17.1. The van der Waals surface area contributed by atoms with Gasteiger partial charge in [-0.15, -0.1) is 0 Å². The highest BCUT2D eigenvalue weighted by atomic mass is 16.3. The van der Waals surface area contributed by atoms with Gasteiger partial charge in [0.25, 0.3) is 0 Å². The van der Waals surface area contributed by atoms with Crippen LogP contribution in [0.4, 0.5) is 0 Å². The summed E-state index contributed by atoms with van der Waals surface area (Å²) in [6.07, 6.45) is 4.95. The fraction of sp³-hybridized carbons (Fsp3) is 0.419. The first kappa shape index (κ1) is 26.9. The molecule has 0 amide bonds. The summed E-state index contributed by atoms with van der Waals surface area (Å²) in [5, 5.41) is 16.5. The van der Waals surface area contributed by atoms with E-state index >= 15 is 0 Å². The van der Waals surface area contributed by atoms with Crippen molar-refractivity contribution in [3.05, 3.63) is 102 Å². The number of phenols is 1. The van der Waals surface area contributed by atoms with Crippen LogP contribution in [0.5, 0.6) is 5.75 Å². The Morgan fingerprint density at radius 2 is 1.40 bits per heavy atom. The van der Waals surface area contributed by atoms with E-state index in [4.69, 9.17) is 0 Å². The van der Waals surface area contributed by atoms with Crippen molar-refractivity contribution >= 4 is 0 Å². The molecule has 1 heterocycles. The molecule has 3 N–H and O–H groups in total. The molecule has 0 bridgehead atoms. The number of phenolic OH excluding ortho intramolecular Hbond substituents is 1. The molecule has 35 heavy (non-hydrogen) atoms. The van der Waals surface area contributed by atoms with Crippen molar-refractivity contribution in [1.82, 2.24) is 15.5 Å². The molecule has 0 saturated carbocycles. The lowest BCUT2D eigenvalue weighted by Gasteiger charge is -2.35. The van der Waals surface area contributed by atoms with Gasteiger partial charge in [-0.2, -0.15) is 0 Å². The highest BCUT2D eigenvalue weighted by Gasteiger charge is 2.33. The summed E-state index contributed by atoms with van der Waals surface area (Å²) in [6.45, 7) is 8.42. The topological polar surface area (TPSA) is 47.5 Å². The van der Waals surface area contributed by atoms with Gasteiger partial charge in [0, 0.05) is 38.1 Å². The van der Waals surface area contributed by atoms with Gasteiger partial charge in [-0.3, -0.25) is 0 Å². The summed E-state index contributed by atoms with van der Waals surface area (Å²) in [6, 6.07) is 28.8. The number of likely N-dealkylation sites (N-methyl/N-ethyl adjacent to an activating group) is 1. The molecule has 1 saturated heterocycles. The molecule has 1 aliphatic heterocycles. The fourth-order valence-electron chi connectivity index (χ4n) is 4.92. The second-order valence-corrected chi connectivity index (χ2v) is 9.70. The van der Waals surface area contributed by atoms with E-state index in [9.17, 15) is 5.11 Å². The van der Waals surface area contributed by atoms with E-state index in [-0.39, 0.29) is 5.41 Å².